The standard InChI is InChI=1S/C13H17N3.HI/c1-4-15-10(3)16(5-2)13-8-11(9-14)6-7-12(13)15;/h6-8,10H,4-5H2,1-3H3;1H. The van der Waals surface area contributed by atoms with Crippen LogP contribution in [0, 0.1) is 11.3 Å². The van der Waals surface area contributed by atoms with Crippen LogP contribution in [0.5, 0.6) is 0 Å². The molecule has 0 spiro atoms. The van der Waals surface area contributed by atoms with Crippen molar-refractivity contribution in [3.8, 4) is 6.07 Å². The number of benzene rings is 1. The van der Waals surface area contributed by atoms with Crippen molar-refractivity contribution in [3.63, 3.8) is 0 Å². The summed E-state index contributed by atoms with van der Waals surface area (Å²) in [5.41, 5.74) is 3.31. The summed E-state index contributed by atoms with van der Waals surface area (Å²) in [4.78, 5) is 3.86. The van der Waals surface area contributed by atoms with Crippen LogP contribution < -0.4 is 33.8 Å². The van der Waals surface area contributed by atoms with E-state index in [1.165, 1.54) is 16.3 Å². The molecule has 2 atom stereocenters. The van der Waals surface area contributed by atoms with Crippen LogP contribution in [0.1, 0.15) is 26.3 Å². The van der Waals surface area contributed by atoms with Crippen LogP contribution in [0.15, 0.2) is 18.2 Å². The highest BCUT2D eigenvalue weighted by molar-refractivity contribution is 5.68. The molecule has 3 nitrogen and oxygen atoms in total. The molecule has 0 radical (unpaired) electrons. The third kappa shape index (κ3) is 2.26. The number of hydrogen-bond donors (Lipinski definition) is 1. The highest BCUT2D eigenvalue weighted by Crippen LogP contribution is 2.29. The van der Waals surface area contributed by atoms with Crippen molar-refractivity contribution in [2.75, 3.05) is 18.0 Å². The third-order valence-electron chi connectivity index (χ3n) is 3.48. The van der Waals surface area contributed by atoms with Crippen molar-refractivity contribution >= 4 is 11.4 Å². The lowest BCUT2D eigenvalue weighted by Gasteiger charge is -2.23. The average Bonchev–Trinajstić information content (AvgIpc) is 2.59. The number of nitrogens with one attached hydrogen (secondary N) is 1. The van der Waals surface area contributed by atoms with E-state index in [0.717, 1.165) is 18.7 Å². The molecule has 0 bridgehead atoms. The van der Waals surface area contributed by atoms with E-state index in [4.69, 9.17) is 5.26 Å². The number of nitrogens with zero attached hydrogens (tertiary/aromatic N) is 2. The monoisotopic (exact) mass is 343 g/mol. The Kier molecular flexibility index (Phi) is 4.78. The number of nitriles is 1. The van der Waals surface area contributed by atoms with Gasteiger partial charge in [0, 0.05) is 19.5 Å². The molecule has 2 rings (SSSR count). The number of fused-ring (bicyclic) bond motifs is 1. The zero-order chi connectivity index (χ0) is 11.7. The zero-order valence-corrected chi connectivity index (χ0v) is 12.7. The lowest BCUT2D eigenvalue weighted by molar-refractivity contribution is -0.849. The molecule has 1 N–H and O–H groups in total. The second kappa shape index (κ2) is 5.69. The molecular formula is C13H18IN3. The Morgan fingerprint density at radius 1 is 1.41 bits per heavy atom. The van der Waals surface area contributed by atoms with Crippen molar-refractivity contribution in [1.82, 2.24) is 0 Å². The maximum atomic E-state index is 8.94. The molecule has 1 aliphatic heterocycles. The first-order valence-electron chi connectivity index (χ1n) is 5.89. The van der Waals surface area contributed by atoms with E-state index in [9.17, 15) is 0 Å². The molecule has 1 aromatic carbocycles. The van der Waals surface area contributed by atoms with E-state index >= 15 is 0 Å². The van der Waals surface area contributed by atoms with Gasteiger partial charge in [0.1, 0.15) is 5.69 Å². The van der Waals surface area contributed by atoms with E-state index in [-0.39, 0.29) is 24.0 Å². The quantitative estimate of drug-likeness (QED) is 0.649. The first kappa shape index (κ1) is 14.3. The van der Waals surface area contributed by atoms with Gasteiger partial charge in [-0.2, -0.15) is 5.26 Å². The Morgan fingerprint density at radius 2 is 2.12 bits per heavy atom. The van der Waals surface area contributed by atoms with Crippen LogP contribution in [0.3, 0.4) is 0 Å². The lowest BCUT2D eigenvalue weighted by atomic mass is 10.2. The molecular weight excluding hydrogens is 325 g/mol. The summed E-state index contributed by atoms with van der Waals surface area (Å²) in [6.07, 6.45) is 0.471. The SMILES string of the molecule is CCN1c2cc(C#N)ccc2[NH+](CC)C1C.[I-]. The van der Waals surface area contributed by atoms with Crippen molar-refractivity contribution in [2.45, 2.75) is 26.9 Å². The predicted octanol–water partition coefficient (Wildman–Crippen LogP) is -1.72. The van der Waals surface area contributed by atoms with Crippen LogP contribution in [0.2, 0.25) is 0 Å². The number of hydrogen-bond acceptors (Lipinski definition) is 2. The van der Waals surface area contributed by atoms with Gasteiger partial charge in [0.05, 0.1) is 18.2 Å². The maximum absolute atomic E-state index is 8.94. The van der Waals surface area contributed by atoms with Gasteiger partial charge in [0.25, 0.3) is 0 Å². The summed E-state index contributed by atoms with van der Waals surface area (Å²) >= 11 is 0. The summed E-state index contributed by atoms with van der Waals surface area (Å²) in [5, 5.41) is 8.94. The molecule has 0 aliphatic carbocycles. The number of halogens is 1. The Bertz CT molecular complexity index is 439. The highest BCUT2D eigenvalue weighted by atomic mass is 127. The third-order valence-corrected chi connectivity index (χ3v) is 3.48. The largest absolute Gasteiger partial charge is 1.00 e. The van der Waals surface area contributed by atoms with Crippen LogP contribution in [-0.2, 0) is 0 Å². The maximum Gasteiger partial charge on any atom is 0.165 e. The van der Waals surface area contributed by atoms with Gasteiger partial charge in [-0.05, 0) is 26.0 Å². The molecule has 1 heterocycles. The molecule has 0 amide bonds. The second-order valence-electron chi connectivity index (χ2n) is 4.18. The van der Waals surface area contributed by atoms with Crippen molar-refractivity contribution in [3.05, 3.63) is 23.8 Å². The van der Waals surface area contributed by atoms with E-state index in [2.05, 4.69) is 37.8 Å². The van der Waals surface area contributed by atoms with Crippen molar-refractivity contribution < 1.29 is 28.9 Å². The first-order valence-corrected chi connectivity index (χ1v) is 5.89. The Morgan fingerprint density at radius 3 is 2.65 bits per heavy atom. The van der Waals surface area contributed by atoms with E-state index in [1.54, 1.807) is 0 Å². The smallest absolute Gasteiger partial charge is 0.165 e. The first-order chi connectivity index (χ1) is 7.72. The van der Waals surface area contributed by atoms with Crippen LogP contribution in [0.4, 0.5) is 11.4 Å². The summed E-state index contributed by atoms with van der Waals surface area (Å²) in [6, 6.07) is 8.24. The predicted molar refractivity (Wildman–Crippen MR) is 64.8 cm³/mol. The Hall–Kier alpha value is -0.800. The topological polar surface area (TPSA) is 31.5 Å². The van der Waals surface area contributed by atoms with Gasteiger partial charge in [0.2, 0.25) is 0 Å². The molecule has 0 fully saturated rings. The fourth-order valence-electron chi connectivity index (χ4n) is 2.66. The molecule has 1 aromatic rings. The van der Waals surface area contributed by atoms with E-state index in [1.807, 2.05) is 12.1 Å². The normalized spacial score (nSPS) is 21.6. The van der Waals surface area contributed by atoms with Crippen LogP contribution in [0.25, 0.3) is 0 Å². The number of anilines is 1. The average molecular weight is 343 g/mol. The molecule has 1 aliphatic rings. The van der Waals surface area contributed by atoms with Crippen molar-refractivity contribution in [1.29, 1.82) is 5.26 Å². The molecule has 2 unspecified atom stereocenters. The molecule has 17 heavy (non-hydrogen) atoms. The fourth-order valence-corrected chi connectivity index (χ4v) is 2.66. The van der Waals surface area contributed by atoms with Gasteiger partial charge >= 0.3 is 0 Å². The highest BCUT2D eigenvalue weighted by Gasteiger charge is 2.35. The minimum atomic E-state index is 0. The van der Waals surface area contributed by atoms with Gasteiger partial charge < -0.3 is 28.9 Å². The fraction of sp³-hybridized carbons (Fsp3) is 0.462. The van der Waals surface area contributed by atoms with Crippen LogP contribution in [-0.4, -0.2) is 19.3 Å². The summed E-state index contributed by atoms with van der Waals surface area (Å²) in [5.74, 6) is 0. The minimum Gasteiger partial charge on any atom is -1.00 e. The Labute approximate surface area is 120 Å². The second-order valence-corrected chi connectivity index (χ2v) is 4.18. The van der Waals surface area contributed by atoms with Gasteiger partial charge in [-0.25, -0.2) is 0 Å². The zero-order valence-electron chi connectivity index (χ0n) is 10.5. The van der Waals surface area contributed by atoms with Crippen LogP contribution >= 0.6 is 0 Å². The molecule has 92 valence electrons. The summed E-state index contributed by atoms with van der Waals surface area (Å²) < 4.78 is 0. The molecule has 4 heteroatoms. The van der Waals surface area contributed by atoms with Gasteiger partial charge in [-0.15, -0.1) is 0 Å². The number of quaternary nitrogens is 1. The minimum absolute atomic E-state index is 0. The van der Waals surface area contributed by atoms with Crippen molar-refractivity contribution in [2.24, 2.45) is 0 Å². The van der Waals surface area contributed by atoms with E-state index in [0.29, 0.717) is 6.17 Å². The lowest BCUT2D eigenvalue weighted by Crippen LogP contribution is -3.10. The molecule has 0 saturated carbocycles. The Balaban J connectivity index is 0.00000144. The molecule has 0 aromatic heterocycles. The summed E-state index contributed by atoms with van der Waals surface area (Å²) in [7, 11) is 0. The van der Waals surface area contributed by atoms with Gasteiger partial charge in [0.15, 0.2) is 11.9 Å². The van der Waals surface area contributed by atoms with E-state index < -0.39 is 0 Å². The summed E-state index contributed by atoms with van der Waals surface area (Å²) in [6.45, 7) is 8.68. The molecule has 0 saturated heterocycles. The van der Waals surface area contributed by atoms with Gasteiger partial charge in [-0.1, -0.05) is 0 Å². The number of rotatable bonds is 2. The van der Waals surface area contributed by atoms with Gasteiger partial charge in [-0.3, -0.25) is 4.90 Å².